The molecule has 1 fully saturated rings. The molecule has 5 unspecified atom stereocenters. The van der Waals surface area contributed by atoms with Crippen molar-refractivity contribution in [2.45, 2.75) is 64.6 Å². The van der Waals surface area contributed by atoms with Gasteiger partial charge in [-0.15, -0.1) is 0 Å². The first-order valence-electron chi connectivity index (χ1n) is 12.6. The molecule has 1 aromatic carbocycles. The number of carbonyl (C=O) groups excluding carboxylic acids is 5. The van der Waals surface area contributed by atoms with E-state index in [-0.39, 0.29) is 42.5 Å². The van der Waals surface area contributed by atoms with E-state index in [1.165, 1.54) is 25.1 Å². The van der Waals surface area contributed by atoms with Gasteiger partial charge in [0.15, 0.2) is 24.1 Å². The van der Waals surface area contributed by atoms with Crippen LogP contribution < -0.4 is 4.74 Å². The van der Waals surface area contributed by atoms with Crippen LogP contribution >= 0.6 is 0 Å². The second-order valence-corrected chi connectivity index (χ2v) is 9.15. The van der Waals surface area contributed by atoms with E-state index in [0.29, 0.717) is 5.69 Å². The number of carbonyl (C=O) groups is 5. The summed E-state index contributed by atoms with van der Waals surface area (Å²) in [6.45, 7) is 3.88. The zero-order chi connectivity index (χ0) is 30.1. The number of hydrogen-bond acceptors (Lipinski definition) is 13. The molecule has 2 heterocycles. The van der Waals surface area contributed by atoms with Gasteiger partial charge in [-0.25, -0.2) is 0 Å². The monoisotopic (exact) mass is 573 g/mol. The Morgan fingerprint density at radius 1 is 0.805 bits per heavy atom. The molecule has 0 radical (unpaired) electrons. The molecule has 13 heteroatoms. The average Bonchev–Trinajstić information content (AvgIpc) is 2.89. The summed E-state index contributed by atoms with van der Waals surface area (Å²) >= 11 is 0. The first-order chi connectivity index (χ1) is 19.4. The third kappa shape index (κ3) is 9.00. The van der Waals surface area contributed by atoms with E-state index in [2.05, 4.69) is 4.98 Å². The van der Waals surface area contributed by atoms with Gasteiger partial charge in [0.05, 0.1) is 12.0 Å². The summed E-state index contributed by atoms with van der Waals surface area (Å²) in [7, 11) is 0. The van der Waals surface area contributed by atoms with Gasteiger partial charge in [0.1, 0.15) is 36.9 Å². The van der Waals surface area contributed by atoms with Crippen molar-refractivity contribution < 1.29 is 57.5 Å². The summed E-state index contributed by atoms with van der Waals surface area (Å²) in [6.07, 6.45) is -4.59. The molecule has 0 amide bonds. The highest BCUT2D eigenvalue weighted by Gasteiger charge is 2.52. The average molecular weight is 574 g/mol. The molecule has 1 N–H and O–H groups in total. The molecule has 0 bridgehead atoms. The van der Waals surface area contributed by atoms with Crippen LogP contribution in [0.15, 0.2) is 42.6 Å². The summed E-state index contributed by atoms with van der Waals surface area (Å²) in [5.41, 5.74) is 0.608. The van der Waals surface area contributed by atoms with Crippen LogP contribution in [0.1, 0.15) is 43.7 Å². The number of aromatic hydroxyl groups is 1. The highest BCUT2D eigenvalue weighted by atomic mass is 16.7. The minimum absolute atomic E-state index is 0.0145. The summed E-state index contributed by atoms with van der Waals surface area (Å²) < 4.78 is 32.9. The van der Waals surface area contributed by atoms with Gasteiger partial charge in [0, 0.05) is 45.7 Å². The second-order valence-electron chi connectivity index (χ2n) is 9.15. The maximum atomic E-state index is 12.7. The first-order valence-corrected chi connectivity index (χ1v) is 12.6. The van der Waals surface area contributed by atoms with Crippen LogP contribution in [-0.4, -0.2) is 83.5 Å². The Kier molecular flexibility index (Phi) is 10.8. The maximum absolute atomic E-state index is 12.7. The van der Waals surface area contributed by atoms with Gasteiger partial charge in [0.25, 0.3) is 0 Å². The molecule has 2 aromatic rings. The molecule has 13 nitrogen and oxygen atoms in total. The fraction of sp³-hybridized carbons (Fsp3) is 0.429. The molecule has 1 aliphatic heterocycles. The van der Waals surface area contributed by atoms with Gasteiger partial charge in [-0.1, -0.05) is 6.07 Å². The molecule has 1 aromatic heterocycles. The molecular formula is C28H31NO12. The third-order valence-electron chi connectivity index (χ3n) is 5.84. The van der Waals surface area contributed by atoms with Gasteiger partial charge < -0.3 is 33.5 Å². The number of ether oxygens (including phenoxy) is 6. The number of pyridine rings is 1. The van der Waals surface area contributed by atoms with Crippen molar-refractivity contribution in [1.82, 2.24) is 4.98 Å². The van der Waals surface area contributed by atoms with Gasteiger partial charge in [-0.05, 0) is 24.3 Å². The number of ketones is 1. The largest absolute Gasteiger partial charge is 0.507 e. The number of aromatic nitrogens is 1. The Morgan fingerprint density at radius 3 is 1.95 bits per heavy atom. The normalized spacial score (nSPS) is 21.7. The summed E-state index contributed by atoms with van der Waals surface area (Å²) in [5.74, 6) is -3.42. The van der Waals surface area contributed by atoms with Crippen molar-refractivity contribution >= 4 is 29.7 Å². The lowest BCUT2D eigenvalue weighted by Gasteiger charge is -2.44. The summed E-state index contributed by atoms with van der Waals surface area (Å²) in [4.78, 5) is 64.0. The summed E-state index contributed by atoms with van der Waals surface area (Å²) in [5, 5.41) is 10.5. The topological polar surface area (TPSA) is 174 Å². The Balaban J connectivity index is 1.83. The van der Waals surface area contributed by atoms with Crippen LogP contribution in [0, 0.1) is 0 Å². The Morgan fingerprint density at radius 2 is 1.41 bits per heavy atom. The minimum atomic E-state index is -1.33. The third-order valence-corrected chi connectivity index (χ3v) is 5.84. The van der Waals surface area contributed by atoms with Crippen molar-refractivity contribution in [3.05, 3.63) is 53.9 Å². The highest BCUT2D eigenvalue weighted by Crippen LogP contribution is 2.31. The van der Waals surface area contributed by atoms with Gasteiger partial charge in [-0.2, -0.15) is 0 Å². The zero-order valence-electron chi connectivity index (χ0n) is 22.9. The fourth-order valence-electron chi connectivity index (χ4n) is 4.23. The number of rotatable bonds is 11. The molecule has 1 saturated heterocycles. The minimum Gasteiger partial charge on any atom is -0.507 e. The Hall–Kier alpha value is -4.52. The number of phenolic OH excluding ortho intramolecular Hbond substituents is 1. The van der Waals surface area contributed by atoms with Gasteiger partial charge >= 0.3 is 23.9 Å². The van der Waals surface area contributed by atoms with E-state index in [4.69, 9.17) is 28.4 Å². The molecule has 5 atom stereocenters. The number of hydrogen-bond donors (Lipinski definition) is 1. The van der Waals surface area contributed by atoms with E-state index in [0.717, 1.165) is 20.8 Å². The molecule has 0 aliphatic carbocycles. The van der Waals surface area contributed by atoms with Crippen LogP contribution in [0.25, 0.3) is 0 Å². The lowest BCUT2D eigenvalue weighted by Crippen LogP contribution is -2.63. The summed E-state index contributed by atoms with van der Waals surface area (Å²) in [6, 6.07) is 9.25. The second kappa shape index (κ2) is 14.2. The van der Waals surface area contributed by atoms with Gasteiger partial charge in [0.2, 0.25) is 0 Å². The molecule has 1 aliphatic rings. The Labute approximate surface area is 235 Å². The van der Waals surface area contributed by atoms with Crippen LogP contribution in [0.2, 0.25) is 0 Å². The molecule has 0 spiro atoms. The number of Topliss-reactive ketones (excluding diaryl/α,β-unsaturated/α-hetero) is 1. The Bertz CT molecular complexity index is 1260. The van der Waals surface area contributed by atoms with E-state index >= 15 is 0 Å². The smallest absolute Gasteiger partial charge is 0.303 e. The van der Waals surface area contributed by atoms with Crippen LogP contribution in [-0.2, 0) is 49.3 Å². The molecule has 41 heavy (non-hydrogen) atoms. The van der Waals surface area contributed by atoms with Crippen molar-refractivity contribution in [2.75, 3.05) is 13.2 Å². The number of esters is 4. The lowest BCUT2D eigenvalue weighted by molar-refractivity contribution is -0.255. The van der Waals surface area contributed by atoms with Crippen LogP contribution in [0.5, 0.6) is 11.5 Å². The first kappa shape index (κ1) is 31.0. The predicted molar refractivity (Wildman–Crippen MR) is 138 cm³/mol. The molecular weight excluding hydrogens is 542 g/mol. The predicted octanol–water partition coefficient (Wildman–Crippen LogP) is 1.72. The quantitative estimate of drug-likeness (QED) is 0.234. The SMILES string of the molecule is CC(=O)OCC1OC(COc2ccc(C(=O)Cc3ccccn3)c(O)c2)C(OC(C)=O)C(OC(C)=O)C1OC(C)=O. The van der Waals surface area contributed by atoms with Crippen molar-refractivity contribution in [3.8, 4) is 11.5 Å². The van der Waals surface area contributed by atoms with E-state index < -0.39 is 54.4 Å². The van der Waals surface area contributed by atoms with Crippen molar-refractivity contribution in [3.63, 3.8) is 0 Å². The zero-order valence-corrected chi connectivity index (χ0v) is 22.9. The maximum Gasteiger partial charge on any atom is 0.303 e. The van der Waals surface area contributed by atoms with E-state index in [1.54, 1.807) is 24.4 Å². The van der Waals surface area contributed by atoms with E-state index in [1.807, 2.05) is 0 Å². The van der Waals surface area contributed by atoms with Crippen LogP contribution in [0.4, 0.5) is 0 Å². The van der Waals surface area contributed by atoms with E-state index in [9.17, 15) is 29.1 Å². The van der Waals surface area contributed by atoms with Crippen LogP contribution in [0.3, 0.4) is 0 Å². The highest BCUT2D eigenvalue weighted by molar-refractivity contribution is 5.99. The molecule has 220 valence electrons. The number of nitrogens with zero attached hydrogens (tertiary/aromatic N) is 1. The van der Waals surface area contributed by atoms with Gasteiger partial charge in [-0.3, -0.25) is 29.0 Å². The molecule has 0 saturated carbocycles. The fourth-order valence-corrected chi connectivity index (χ4v) is 4.23. The number of phenols is 1. The standard InChI is InChI=1S/C28H31NO12/c1-15(30)36-13-24-26(38-16(2)31)28(40-18(4)33)27(39-17(3)32)25(41-24)14-37-20-8-9-21(23(35)12-20)22(34)11-19-7-5-6-10-29-19/h5-10,12,24-28,35H,11,13-14H2,1-4H3. The lowest BCUT2D eigenvalue weighted by atomic mass is 9.94. The number of benzene rings is 1. The van der Waals surface area contributed by atoms with Crippen molar-refractivity contribution in [1.29, 1.82) is 0 Å². The molecule has 3 rings (SSSR count). The van der Waals surface area contributed by atoms with Crippen molar-refractivity contribution in [2.24, 2.45) is 0 Å².